The van der Waals surface area contributed by atoms with Gasteiger partial charge in [0.05, 0.1) is 18.4 Å². The second kappa shape index (κ2) is 6.85. The van der Waals surface area contributed by atoms with Gasteiger partial charge in [-0.2, -0.15) is 0 Å². The van der Waals surface area contributed by atoms with Crippen molar-refractivity contribution in [2.24, 2.45) is 5.92 Å². The van der Waals surface area contributed by atoms with Crippen LogP contribution in [0.2, 0.25) is 0 Å². The van der Waals surface area contributed by atoms with Gasteiger partial charge in [-0.1, -0.05) is 13.8 Å². The van der Waals surface area contributed by atoms with Gasteiger partial charge in [0.25, 0.3) is 0 Å². The second-order valence-corrected chi connectivity index (χ2v) is 4.03. The number of ether oxygens (including phenoxy) is 2. The molecule has 0 amide bonds. The van der Waals surface area contributed by atoms with Gasteiger partial charge in [0.15, 0.2) is 0 Å². The van der Waals surface area contributed by atoms with Gasteiger partial charge >= 0.3 is 5.97 Å². The Bertz CT molecular complexity index is 365. The third kappa shape index (κ3) is 5.31. The highest BCUT2D eigenvalue weighted by atomic mass is 16.5. The van der Waals surface area contributed by atoms with E-state index in [0.717, 1.165) is 0 Å². The zero-order valence-corrected chi connectivity index (χ0v) is 10.0. The van der Waals surface area contributed by atoms with E-state index in [0.29, 0.717) is 31.5 Å². The third-order valence-electron chi connectivity index (χ3n) is 1.91. The first-order valence-electron chi connectivity index (χ1n) is 5.48. The van der Waals surface area contributed by atoms with E-state index in [1.54, 1.807) is 0 Å². The highest BCUT2D eigenvalue weighted by Crippen LogP contribution is 2.10. The summed E-state index contributed by atoms with van der Waals surface area (Å²) in [6.45, 7) is 5.70. The van der Waals surface area contributed by atoms with Gasteiger partial charge < -0.3 is 14.6 Å². The minimum absolute atomic E-state index is 0.116. The zero-order valence-electron chi connectivity index (χ0n) is 10.0. The number of rotatable bonds is 7. The maximum atomic E-state index is 10.7. The predicted octanol–water partition coefficient (Wildman–Crippen LogP) is 1.83. The summed E-state index contributed by atoms with van der Waals surface area (Å²) < 4.78 is 10.7. The van der Waals surface area contributed by atoms with Gasteiger partial charge in [-0.25, -0.2) is 4.79 Å². The van der Waals surface area contributed by atoms with Gasteiger partial charge in [0.1, 0.15) is 12.4 Å². The molecule has 0 aliphatic heterocycles. The van der Waals surface area contributed by atoms with Crippen LogP contribution in [0.1, 0.15) is 24.2 Å². The first-order valence-corrected chi connectivity index (χ1v) is 5.48. The van der Waals surface area contributed by atoms with Gasteiger partial charge in [0.2, 0.25) is 0 Å². The Kier molecular flexibility index (Phi) is 5.42. The van der Waals surface area contributed by atoms with Crippen molar-refractivity contribution in [3.63, 3.8) is 0 Å². The van der Waals surface area contributed by atoms with Crippen LogP contribution in [0.4, 0.5) is 0 Å². The van der Waals surface area contributed by atoms with Gasteiger partial charge in [-0.15, -0.1) is 0 Å². The SMILES string of the molecule is CC(C)COCCOc1cncc(C(=O)O)c1. The molecule has 17 heavy (non-hydrogen) atoms. The summed E-state index contributed by atoms with van der Waals surface area (Å²) in [5.41, 5.74) is 0.116. The van der Waals surface area contributed by atoms with Crippen LogP contribution < -0.4 is 4.74 Å². The molecule has 0 saturated heterocycles. The average molecular weight is 239 g/mol. The maximum Gasteiger partial charge on any atom is 0.337 e. The van der Waals surface area contributed by atoms with Crippen molar-refractivity contribution in [2.75, 3.05) is 19.8 Å². The number of carboxylic acids is 1. The molecule has 0 saturated carbocycles. The molecule has 5 nitrogen and oxygen atoms in total. The molecule has 0 radical (unpaired) electrons. The lowest BCUT2D eigenvalue weighted by molar-refractivity contribution is 0.0694. The van der Waals surface area contributed by atoms with E-state index in [-0.39, 0.29) is 5.56 Å². The van der Waals surface area contributed by atoms with Crippen LogP contribution in [0.3, 0.4) is 0 Å². The number of hydrogen-bond donors (Lipinski definition) is 1. The Balaban J connectivity index is 2.31. The van der Waals surface area contributed by atoms with Crippen molar-refractivity contribution >= 4 is 5.97 Å². The summed E-state index contributed by atoms with van der Waals surface area (Å²) in [5, 5.41) is 8.76. The summed E-state index contributed by atoms with van der Waals surface area (Å²) >= 11 is 0. The standard InChI is InChI=1S/C12H17NO4/c1-9(2)8-16-3-4-17-11-5-10(12(14)15)6-13-7-11/h5-7,9H,3-4,8H2,1-2H3,(H,14,15). The van der Waals surface area contributed by atoms with Crippen molar-refractivity contribution in [1.29, 1.82) is 0 Å². The lowest BCUT2D eigenvalue weighted by atomic mass is 10.2. The molecule has 0 bridgehead atoms. The zero-order chi connectivity index (χ0) is 12.7. The van der Waals surface area contributed by atoms with Gasteiger partial charge in [0, 0.05) is 12.8 Å². The third-order valence-corrected chi connectivity index (χ3v) is 1.91. The molecule has 1 N–H and O–H groups in total. The normalized spacial score (nSPS) is 10.5. The van der Waals surface area contributed by atoms with E-state index < -0.39 is 5.97 Å². The van der Waals surface area contributed by atoms with E-state index in [2.05, 4.69) is 18.8 Å². The Labute approximate surface area is 100 Å². The molecule has 0 aliphatic rings. The quantitative estimate of drug-likeness (QED) is 0.735. The van der Waals surface area contributed by atoms with Crippen LogP contribution in [0.25, 0.3) is 0 Å². The molecule has 0 aromatic carbocycles. The molecule has 94 valence electrons. The van der Waals surface area contributed by atoms with E-state index in [4.69, 9.17) is 14.6 Å². The van der Waals surface area contributed by atoms with Gasteiger partial charge in [-0.3, -0.25) is 4.98 Å². The summed E-state index contributed by atoms with van der Waals surface area (Å²) in [6.07, 6.45) is 2.76. The Morgan fingerprint density at radius 3 is 2.82 bits per heavy atom. The molecule has 1 heterocycles. The fourth-order valence-corrected chi connectivity index (χ4v) is 1.15. The van der Waals surface area contributed by atoms with E-state index in [1.165, 1.54) is 18.5 Å². The highest BCUT2D eigenvalue weighted by molar-refractivity contribution is 5.87. The monoisotopic (exact) mass is 239 g/mol. The van der Waals surface area contributed by atoms with Gasteiger partial charge in [-0.05, 0) is 12.0 Å². The predicted molar refractivity (Wildman–Crippen MR) is 62.3 cm³/mol. The maximum absolute atomic E-state index is 10.7. The number of aromatic carboxylic acids is 1. The minimum atomic E-state index is -1.01. The molecular weight excluding hydrogens is 222 g/mol. The van der Waals surface area contributed by atoms with Crippen LogP contribution >= 0.6 is 0 Å². The summed E-state index contributed by atoms with van der Waals surface area (Å²) in [7, 11) is 0. The fraction of sp³-hybridized carbons (Fsp3) is 0.500. The molecule has 0 aliphatic carbocycles. The Morgan fingerprint density at radius 2 is 2.18 bits per heavy atom. The molecule has 0 atom stereocenters. The lowest BCUT2D eigenvalue weighted by Gasteiger charge is -2.08. The van der Waals surface area contributed by atoms with Crippen molar-refractivity contribution in [2.45, 2.75) is 13.8 Å². The lowest BCUT2D eigenvalue weighted by Crippen LogP contribution is -2.10. The number of pyridine rings is 1. The molecule has 0 unspecified atom stereocenters. The van der Waals surface area contributed by atoms with E-state index in [1.807, 2.05) is 0 Å². The average Bonchev–Trinajstić information content (AvgIpc) is 2.28. The van der Waals surface area contributed by atoms with E-state index >= 15 is 0 Å². The number of aromatic nitrogens is 1. The number of nitrogens with zero attached hydrogens (tertiary/aromatic N) is 1. The molecule has 1 aromatic rings. The van der Waals surface area contributed by atoms with Crippen LogP contribution in [0, 0.1) is 5.92 Å². The topological polar surface area (TPSA) is 68.7 Å². The van der Waals surface area contributed by atoms with Crippen molar-refractivity contribution in [3.8, 4) is 5.75 Å². The first-order chi connectivity index (χ1) is 8.09. The Hall–Kier alpha value is -1.62. The summed E-state index contributed by atoms with van der Waals surface area (Å²) in [5.74, 6) is -0.0796. The smallest absolute Gasteiger partial charge is 0.337 e. The summed E-state index contributed by atoms with van der Waals surface area (Å²) in [6, 6.07) is 1.44. The second-order valence-electron chi connectivity index (χ2n) is 4.03. The van der Waals surface area contributed by atoms with Crippen LogP contribution in [-0.4, -0.2) is 35.9 Å². The van der Waals surface area contributed by atoms with E-state index in [9.17, 15) is 4.79 Å². The highest BCUT2D eigenvalue weighted by Gasteiger charge is 2.04. The molecular formula is C12H17NO4. The van der Waals surface area contributed by atoms with Crippen LogP contribution in [-0.2, 0) is 4.74 Å². The largest absolute Gasteiger partial charge is 0.490 e. The first kappa shape index (κ1) is 13.4. The number of hydrogen-bond acceptors (Lipinski definition) is 4. The number of carbonyl (C=O) groups is 1. The van der Waals surface area contributed by atoms with Crippen molar-refractivity contribution < 1.29 is 19.4 Å². The molecule has 5 heteroatoms. The number of carboxylic acid groups (broad SMARTS) is 1. The van der Waals surface area contributed by atoms with Crippen LogP contribution in [0.5, 0.6) is 5.75 Å². The fourth-order valence-electron chi connectivity index (χ4n) is 1.15. The molecule has 0 spiro atoms. The molecule has 0 fully saturated rings. The minimum Gasteiger partial charge on any atom is -0.490 e. The van der Waals surface area contributed by atoms with Crippen molar-refractivity contribution in [3.05, 3.63) is 24.0 Å². The van der Waals surface area contributed by atoms with Crippen LogP contribution in [0.15, 0.2) is 18.5 Å². The van der Waals surface area contributed by atoms with Crippen molar-refractivity contribution in [1.82, 2.24) is 4.98 Å². The molecule has 1 aromatic heterocycles. The Morgan fingerprint density at radius 1 is 1.41 bits per heavy atom. The molecule has 1 rings (SSSR count). The summed E-state index contributed by atoms with van der Waals surface area (Å²) in [4.78, 5) is 14.5.